The van der Waals surface area contributed by atoms with Gasteiger partial charge in [0.1, 0.15) is 0 Å². The minimum absolute atomic E-state index is 0.153. The van der Waals surface area contributed by atoms with Crippen molar-refractivity contribution in [3.8, 4) is 0 Å². The Kier molecular flexibility index (Phi) is 4.70. The second kappa shape index (κ2) is 6.70. The van der Waals surface area contributed by atoms with Crippen LogP contribution >= 0.6 is 0 Å². The van der Waals surface area contributed by atoms with Gasteiger partial charge in [0.15, 0.2) is 0 Å². The smallest absolute Gasteiger partial charge is 0.0668 e. The molecule has 0 spiro atoms. The molecule has 1 atom stereocenters. The number of aliphatic hydroxyl groups is 1. The van der Waals surface area contributed by atoms with Crippen LogP contribution in [-0.4, -0.2) is 58.7 Å². The zero-order chi connectivity index (χ0) is 13.8. The summed E-state index contributed by atoms with van der Waals surface area (Å²) < 4.78 is 7.32. The fourth-order valence-corrected chi connectivity index (χ4v) is 3.45. The van der Waals surface area contributed by atoms with Crippen LogP contribution in [0.3, 0.4) is 0 Å². The van der Waals surface area contributed by atoms with E-state index >= 15 is 0 Å². The van der Waals surface area contributed by atoms with Crippen molar-refractivity contribution in [2.75, 3.05) is 32.9 Å². The minimum atomic E-state index is 0.153. The lowest BCUT2D eigenvalue weighted by Gasteiger charge is -2.39. The Hall–Kier alpha value is -0.910. The van der Waals surface area contributed by atoms with E-state index in [2.05, 4.69) is 16.1 Å². The molecule has 0 amide bonds. The molecule has 2 fully saturated rings. The second-order valence-corrected chi connectivity index (χ2v) is 5.90. The van der Waals surface area contributed by atoms with Crippen molar-refractivity contribution in [2.24, 2.45) is 0 Å². The predicted molar refractivity (Wildman–Crippen MR) is 76.7 cm³/mol. The first-order valence-electron chi connectivity index (χ1n) is 7.83. The summed E-state index contributed by atoms with van der Waals surface area (Å²) in [6.07, 6.45) is 6.82. The number of piperidine rings is 1. The van der Waals surface area contributed by atoms with Gasteiger partial charge in [-0.15, -0.1) is 0 Å². The molecule has 3 heterocycles. The summed E-state index contributed by atoms with van der Waals surface area (Å²) in [5, 5.41) is 13.6. The molecule has 112 valence electrons. The number of nitrogens with zero attached hydrogens (tertiary/aromatic N) is 3. The van der Waals surface area contributed by atoms with Crippen LogP contribution in [0.15, 0.2) is 12.3 Å². The van der Waals surface area contributed by atoms with E-state index in [1.54, 1.807) is 0 Å². The summed E-state index contributed by atoms with van der Waals surface area (Å²) in [5.74, 6) is 0.548. The highest BCUT2D eigenvalue weighted by Gasteiger charge is 2.28. The summed E-state index contributed by atoms with van der Waals surface area (Å²) in [6, 6.07) is 2.82. The van der Waals surface area contributed by atoms with Crippen LogP contribution in [-0.2, 0) is 11.3 Å². The SMILES string of the molecule is OCCn1ccc(C2CCCN(C3CCOCC3)C2)n1. The molecule has 20 heavy (non-hydrogen) atoms. The van der Waals surface area contributed by atoms with Crippen LogP contribution in [0.1, 0.15) is 37.3 Å². The third kappa shape index (κ3) is 3.22. The Morgan fingerprint density at radius 3 is 2.95 bits per heavy atom. The molecule has 5 heteroatoms. The summed E-state index contributed by atoms with van der Waals surface area (Å²) in [5.41, 5.74) is 1.19. The molecule has 0 bridgehead atoms. The van der Waals surface area contributed by atoms with Crippen LogP contribution in [0.4, 0.5) is 0 Å². The first-order chi connectivity index (χ1) is 9.86. The molecule has 1 N–H and O–H groups in total. The largest absolute Gasteiger partial charge is 0.394 e. The maximum atomic E-state index is 8.97. The summed E-state index contributed by atoms with van der Waals surface area (Å²) in [7, 11) is 0. The quantitative estimate of drug-likeness (QED) is 0.901. The molecule has 1 aromatic rings. The van der Waals surface area contributed by atoms with Crippen molar-refractivity contribution in [3.63, 3.8) is 0 Å². The number of likely N-dealkylation sites (tertiary alicyclic amines) is 1. The normalized spacial score (nSPS) is 25.9. The van der Waals surface area contributed by atoms with Crippen molar-refractivity contribution in [1.82, 2.24) is 14.7 Å². The van der Waals surface area contributed by atoms with Gasteiger partial charge in [-0.1, -0.05) is 0 Å². The minimum Gasteiger partial charge on any atom is -0.394 e. The first kappa shape index (κ1) is 14.0. The van der Waals surface area contributed by atoms with Crippen molar-refractivity contribution in [2.45, 2.75) is 44.2 Å². The van der Waals surface area contributed by atoms with Crippen LogP contribution in [0, 0.1) is 0 Å². The number of aliphatic hydroxyl groups excluding tert-OH is 1. The highest BCUT2D eigenvalue weighted by atomic mass is 16.5. The van der Waals surface area contributed by atoms with Crippen molar-refractivity contribution in [1.29, 1.82) is 0 Å². The van der Waals surface area contributed by atoms with Crippen LogP contribution < -0.4 is 0 Å². The Labute approximate surface area is 120 Å². The average molecular weight is 279 g/mol. The number of hydrogen-bond donors (Lipinski definition) is 1. The van der Waals surface area contributed by atoms with Gasteiger partial charge in [-0.25, -0.2) is 0 Å². The Morgan fingerprint density at radius 1 is 1.30 bits per heavy atom. The number of ether oxygens (including phenoxy) is 1. The van der Waals surface area contributed by atoms with Gasteiger partial charge in [0.25, 0.3) is 0 Å². The van der Waals surface area contributed by atoms with Gasteiger partial charge in [-0.3, -0.25) is 9.58 Å². The Balaban J connectivity index is 1.61. The third-order valence-electron chi connectivity index (χ3n) is 4.57. The summed E-state index contributed by atoms with van der Waals surface area (Å²) in [4.78, 5) is 2.64. The molecule has 1 unspecified atom stereocenters. The fourth-order valence-electron chi connectivity index (χ4n) is 3.45. The first-order valence-corrected chi connectivity index (χ1v) is 7.83. The maximum Gasteiger partial charge on any atom is 0.0668 e. The topological polar surface area (TPSA) is 50.5 Å². The van der Waals surface area contributed by atoms with Gasteiger partial charge >= 0.3 is 0 Å². The van der Waals surface area contributed by atoms with Crippen LogP contribution in [0.25, 0.3) is 0 Å². The molecule has 0 saturated carbocycles. The lowest BCUT2D eigenvalue weighted by molar-refractivity contribution is 0.0237. The monoisotopic (exact) mass is 279 g/mol. The van der Waals surface area contributed by atoms with Crippen molar-refractivity contribution in [3.05, 3.63) is 18.0 Å². The summed E-state index contributed by atoms with van der Waals surface area (Å²) in [6.45, 7) is 4.92. The molecule has 5 nitrogen and oxygen atoms in total. The van der Waals surface area contributed by atoms with Gasteiger partial charge in [0, 0.05) is 37.9 Å². The Bertz CT molecular complexity index is 415. The third-order valence-corrected chi connectivity index (χ3v) is 4.57. The average Bonchev–Trinajstić information content (AvgIpc) is 2.97. The zero-order valence-electron chi connectivity index (χ0n) is 12.1. The fraction of sp³-hybridized carbons (Fsp3) is 0.800. The predicted octanol–water partition coefficient (Wildman–Crippen LogP) is 1.23. The van der Waals surface area contributed by atoms with Crippen molar-refractivity contribution < 1.29 is 9.84 Å². The second-order valence-electron chi connectivity index (χ2n) is 5.90. The van der Waals surface area contributed by atoms with E-state index < -0.39 is 0 Å². The van der Waals surface area contributed by atoms with Gasteiger partial charge in [-0.2, -0.15) is 5.10 Å². The van der Waals surface area contributed by atoms with E-state index in [1.165, 1.54) is 37.9 Å². The number of aromatic nitrogens is 2. The van der Waals surface area contributed by atoms with Gasteiger partial charge in [0.05, 0.1) is 18.8 Å². The zero-order valence-corrected chi connectivity index (χ0v) is 12.1. The molecule has 2 aliphatic rings. The standard InChI is InChI=1S/C15H25N3O2/c19-9-8-18-7-3-15(16-18)13-2-1-6-17(12-13)14-4-10-20-11-5-14/h3,7,13-14,19H,1-2,4-6,8-12H2. The molecular formula is C15H25N3O2. The van der Waals surface area contributed by atoms with Gasteiger partial charge < -0.3 is 9.84 Å². The van der Waals surface area contributed by atoms with Crippen LogP contribution in [0.2, 0.25) is 0 Å². The number of rotatable bonds is 4. The lowest BCUT2D eigenvalue weighted by atomic mass is 9.92. The van der Waals surface area contributed by atoms with Crippen LogP contribution in [0.5, 0.6) is 0 Å². The van der Waals surface area contributed by atoms with E-state index in [1.807, 2.05) is 10.9 Å². The van der Waals surface area contributed by atoms with E-state index in [0.717, 1.165) is 19.8 Å². The van der Waals surface area contributed by atoms with E-state index in [-0.39, 0.29) is 6.61 Å². The molecule has 0 aromatic carbocycles. The molecular weight excluding hydrogens is 254 g/mol. The number of hydrogen-bond acceptors (Lipinski definition) is 4. The van der Waals surface area contributed by atoms with Gasteiger partial charge in [-0.05, 0) is 38.3 Å². The molecule has 0 radical (unpaired) electrons. The molecule has 2 saturated heterocycles. The lowest BCUT2D eigenvalue weighted by Crippen LogP contribution is -2.44. The highest BCUT2D eigenvalue weighted by Crippen LogP contribution is 2.28. The van der Waals surface area contributed by atoms with E-state index in [4.69, 9.17) is 9.84 Å². The van der Waals surface area contributed by atoms with Crippen molar-refractivity contribution >= 4 is 0 Å². The molecule has 3 rings (SSSR count). The summed E-state index contributed by atoms with van der Waals surface area (Å²) >= 11 is 0. The van der Waals surface area contributed by atoms with E-state index in [0.29, 0.717) is 18.5 Å². The molecule has 1 aromatic heterocycles. The highest BCUT2D eigenvalue weighted by molar-refractivity contribution is 5.08. The molecule has 0 aliphatic carbocycles. The maximum absolute atomic E-state index is 8.97. The Morgan fingerprint density at radius 2 is 2.15 bits per heavy atom. The molecule has 2 aliphatic heterocycles. The van der Waals surface area contributed by atoms with Gasteiger partial charge in [0.2, 0.25) is 0 Å². The van der Waals surface area contributed by atoms with E-state index in [9.17, 15) is 0 Å².